The molecule has 23 heavy (non-hydrogen) atoms. The van der Waals surface area contributed by atoms with E-state index in [0.717, 1.165) is 11.3 Å². The third-order valence-corrected chi connectivity index (χ3v) is 3.84. The smallest absolute Gasteiger partial charge is 0.322 e. The van der Waals surface area contributed by atoms with Gasteiger partial charge in [0.05, 0.1) is 12.8 Å². The summed E-state index contributed by atoms with van der Waals surface area (Å²) < 4.78 is 19.6. The molecule has 2 rings (SSSR count). The number of nitrogens with zero attached hydrogens (tertiary/aromatic N) is 1. The van der Waals surface area contributed by atoms with Crippen LogP contribution >= 0.6 is 15.9 Å². The number of anilines is 1. The monoisotopic (exact) mass is 380 g/mol. The highest BCUT2D eigenvalue weighted by molar-refractivity contribution is 9.10. The predicted octanol–water partition coefficient (Wildman–Crippen LogP) is 4.65. The Kier molecular flexibility index (Phi) is 5.98. The predicted molar refractivity (Wildman–Crippen MR) is 92.2 cm³/mol. The van der Waals surface area contributed by atoms with Crippen molar-refractivity contribution < 1.29 is 13.9 Å². The molecule has 2 amide bonds. The van der Waals surface area contributed by atoms with E-state index in [1.807, 2.05) is 31.2 Å². The van der Waals surface area contributed by atoms with Crippen LogP contribution in [0.4, 0.5) is 14.9 Å². The van der Waals surface area contributed by atoms with Crippen LogP contribution in [0.2, 0.25) is 0 Å². The van der Waals surface area contributed by atoms with Gasteiger partial charge in [-0.1, -0.05) is 28.1 Å². The van der Waals surface area contributed by atoms with Crippen LogP contribution in [0, 0.1) is 5.82 Å². The Morgan fingerprint density at radius 2 is 2.09 bits per heavy atom. The van der Waals surface area contributed by atoms with E-state index in [1.165, 1.54) is 12.1 Å². The number of urea groups is 1. The molecule has 2 aromatic carbocycles. The highest BCUT2D eigenvalue weighted by Gasteiger charge is 2.14. The number of ether oxygens (including phenoxy) is 1. The van der Waals surface area contributed by atoms with E-state index < -0.39 is 5.82 Å². The number of rotatable bonds is 5. The number of benzene rings is 2. The van der Waals surface area contributed by atoms with Gasteiger partial charge in [0.2, 0.25) is 0 Å². The maximum Gasteiger partial charge on any atom is 0.322 e. The summed E-state index contributed by atoms with van der Waals surface area (Å²) in [6.07, 6.45) is 0. The number of nitrogens with one attached hydrogen (secondary N) is 1. The van der Waals surface area contributed by atoms with E-state index in [0.29, 0.717) is 17.6 Å². The van der Waals surface area contributed by atoms with E-state index in [9.17, 15) is 9.18 Å². The van der Waals surface area contributed by atoms with Gasteiger partial charge in [-0.2, -0.15) is 0 Å². The fourth-order valence-corrected chi connectivity index (χ4v) is 2.44. The molecular formula is C17H18BrFN2O2. The van der Waals surface area contributed by atoms with Crippen molar-refractivity contribution in [1.82, 2.24) is 4.90 Å². The molecule has 1 N–H and O–H groups in total. The Labute approximate surface area is 143 Å². The molecular weight excluding hydrogens is 363 g/mol. The molecule has 0 radical (unpaired) electrons. The quantitative estimate of drug-likeness (QED) is 0.819. The minimum absolute atomic E-state index is 0.155. The number of carbonyl (C=O) groups is 1. The number of hydrogen-bond donors (Lipinski definition) is 1. The van der Waals surface area contributed by atoms with Crippen LogP contribution in [-0.2, 0) is 6.54 Å². The molecule has 0 heterocycles. The van der Waals surface area contributed by atoms with E-state index in [2.05, 4.69) is 21.2 Å². The second kappa shape index (κ2) is 7.97. The number of hydrogen-bond acceptors (Lipinski definition) is 2. The molecule has 0 atom stereocenters. The Morgan fingerprint density at radius 3 is 2.74 bits per heavy atom. The number of amides is 2. The standard InChI is InChI=1S/C17H18BrFN2O2/c1-3-21(11-12-5-4-6-14(9-12)23-2)17(22)20-16-8-7-13(18)10-15(16)19/h4-10H,3,11H2,1-2H3,(H,20,22). The van der Waals surface area contributed by atoms with Crippen LogP contribution < -0.4 is 10.1 Å². The van der Waals surface area contributed by atoms with Crippen molar-refractivity contribution in [2.24, 2.45) is 0 Å². The molecule has 0 spiro atoms. The van der Waals surface area contributed by atoms with Crippen molar-refractivity contribution in [1.29, 1.82) is 0 Å². The van der Waals surface area contributed by atoms with Gasteiger partial charge in [-0.15, -0.1) is 0 Å². The molecule has 0 saturated heterocycles. The maximum absolute atomic E-state index is 13.8. The van der Waals surface area contributed by atoms with Gasteiger partial charge in [0.25, 0.3) is 0 Å². The molecule has 0 saturated carbocycles. The van der Waals surface area contributed by atoms with Gasteiger partial charge in [-0.05, 0) is 42.8 Å². The minimum atomic E-state index is -0.481. The number of carbonyl (C=O) groups excluding carboxylic acids is 1. The fourth-order valence-electron chi connectivity index (χ4n) is 2.10. The summed E-state index contributed by atoms with van der Waals surface area (Å²) in [7, 11) is 1.60. The van der Waals surface area contributed by atoms with Gasteiger partial charge in [-0.3, -0.25) is 0 Å². The van der Waals surface area contributed by atoms with E-state index in [1.54, 1.807) is 18.1 Å². The van der Waals surface area contributed by atoms with Crippen LogP contribution in [0.15, 0.2) is 46.9 Å². The maximum atomic E-state index is 13.8. The molecule has 4 nitrogen and oxygen atoms in total. The first-order valence-electron chi connectivity index (χ1n) is 7.17. The lowest BCUT2D eigenvalue weighted by Crippen LogP contribution is -2.34. The van der Waals surface area contributed by atoms with Gasteiger partial charge >= 0.3 is 6.03 Å². The zero-order valence-corrected chi connectivity index (χ0v) is 14.6. The average molecular weight is 381 g/mol. The molecule has 2 aromatic rings. The first-order valence-corrected chi connectivity index (χ1v) is 7.96. The Morgan fingerprint density at radius 1 is 1.30 bits per heavy atom. The summed E-state index contributed by atoms with van der Waals surface area (Å²) in [5, 5.41) is 2.60. The van der Waals surface area contributed by atoms with Gasteiger partial charge in [0.15, 0.2) is 0 Å². The molecule has 0 aliphatic carbocycles. The molecule has 6 heteroatoms. The van der Waals surface area contributed by atoms with Crippen molar-refractivity contribution in [2.75, 3.05) is 19.0 Å². The van der Waals surface area contributed by atoms with Gasteiger partial charge in [0, 0.05) is 17.6 Å². The average Bonchev–Trinajstić information content (AvgIpc) is 2.55. The molecule has 0 aromatic heterocycles. The molecule has 0 aliphatic rings. The molecule has 0 unspecified atom stereocenters. The normalized spacial score (nSPS) is 10.3. The highest BCUT2D eigenvalue weighted by Crippen LogP contribution is 2.20. The van der Waals surface area contributed by atoms with Crippen molar-refractivity contribution in [3.05, 3.63) is 58.3 Å². The van der Waals surface area contributed by atoms with Crippen molar-refractivity contribution in [3.63, 3.8) is 0 Å². The Hall–Kier alpha value is -2.08. The zero-order valence-electron chi connectivity index (χ0n) is 13.0. The van der Waals surface area contributed by atoms with E-state index in [4.69, 9.17) is 4.74 Å². The second-order valence-electron chi connectivity index (χ2n) is 4.92. The number of methoxy groups -OCH3 is 1. The lowest BCUT2D eigenvalue weighted by molar-refractivity contribution is 0.212. The molecule has 122 valence electrons. The summed E-state index contributed by atoms with van der Waals surface area (Å²) in [5.74, 6) is 0.253. The summed E-state index contributed by atoms with van der Waals surface area (Å²) in [5.41, 5.74) is 1.10. The molecule has 0 aliphatic heterocycles. The SMILES string of the molecule is CCN(Cc1cccc(OC)c1)C(=O)Nc1ccc(Br)cc1F. The van der Waals surface area contributed by atoms with Crippen LogP contribution in [0.5, 0.6) is 5.75 Å². The van der Waals surface area contributed by atoms with Gasteiger partial charge in [0.1, 0.15) is 11.6 Å². The number of halogens is 2. The Balaban J connectivity index is 2.08. The van der Waals surface area contributed by atoms with Crippen molar-refractivity contribution >= 4 is 27.6 Å². The van der Waals surface area contributed by atoms with Gasteiger partial charge < -0.3 is 15.0 Å². The zero-order chi connectivity index (χ0) is 16.8. The third-order valence-electron chi connectivity index (χ3n) is 3.35. The summed E-state index contributed by atoms with van der Waals surface area (Å²) in [6.45, 7) is 2.79. The first-order chi connectivity index (χ1) is 11.0. The van der Waals surface area contributed by atoms with E-state index >= 15 is 0 Å². The first kappa shape index (κ1) is 17.3. The highest BCUT2D eigenvalue weighted by atomic mass is 79.9. The molecule has 0 bridgehead atoms. The van der Waals surface area contributed by atoms with Crippen LogP contribution in [0.3, 0.4) is 0 Å². The summed E-state index contributed by atoms with van der Waals surface area (Å²) >= 11 is 3.19. The van der Waals surface area contributed by atoms with E-state index in [-0.39, 0.29) is 11.7 Å². The largest absolute Gasteiger partial charge is 0.497 e. The van der Waals surface area contributed by atoms with Crippen LogP contribution in [0.1, 0.15) is 12.5 Å². The minimum Gasteiger partial charge on any atom is -0.497 e. The van der Waals surface area contributed by atoms with Crippen LogP contribution in [0.25, 0.3) is 0 Å². The lowest BCUT2D eigenvalue weighted by Gasteiger charge is -2.22. The summed E-state index contributed by atoms with van der Waals surface area (Å²) in [6, 6.07) is 11.7. The molecule has 0 fully saturated rings. The third kappa shape index (κ3) is 4.69. The topological polar surface area (TPSA) is 41.6 Å². The second-order valence-corrected chi connectivity index (χ2v) is 5.84. The van der Waals surface area contributed by atoms with Crippen molar-refractivity contribution in [3.8, 4) is 5.75 Å². The summed E-state index contributed by atoms with van der Waals surface area (Å²) in [4.78, 5) is 13.9. The van der Waals surface area contributed by atoms with Gasteiger partial charge in [-0.25, -0.2) is 9.18 Å². The Bertz CT molecular complexity index is 694. The van der Waals surface area contributed by atoms with Crippen molar-refractivity contribution in [2.45, 2.75) is 13.5 Å². The van der Waals surface area contributed by atoms with Crippen LogP contribution in [-0.4, -0.2) is 24.6 Å². The fraction of sp³-hybridized carbons (Fsp3) is 0.235. The lowest BCUT2D eigenvalue weighted by atomic mass is 10.2.